The molecular formula is C27H26F3N3O2. The largest absolute Gasteiger partial charge is 0.417 e. The molecule has 8 heteroatoms. The molecule has 0 saturated heterocycles. The Morgan fingerprint density at radius 2 is 1.69 bits per heavy atom. The summed E-state index contributed by atoms with van der Waals surface area (Å²) in [5.41, 5.74) is 1.69. The molecule has 0 bridgehead atoms. The van der Waals surface area contributed by atoms with Gasteiger partial charge in [0.1, 0.15) is 5.69 Å². The van der Waals surface area contributed by atoms with E-state index in [1.54, 1.807) is 12.1 Å². The van der Waals surface area contributed by atoms with Crippen LogP contribution in [-0.4, -0.2) is 34.8 Å². The highest BCUT2D eigenvalue weighted by atomic mass is 19.4. The number of carbonyl (C=O) groups is 2. The predicted octanol–water partition coefficient (Wildman–Crippen LogP) is 5.05. The van der Waals surface area contributed by atoms with Crippen LogP contribution in [0.4, 0.5) is 13.2 Å². The third-order valence-electron chi connectivity index (χ3n) is 6.05. The zero-order chi connectivity index (χ0) is 24.8. The number of fused-ring (bicyclic) bond motifs is 1. The normalized spacial score (nSPS) is 13.3. The average Bonchev–Trinajstić information content (AvgIpc) is 2.87. The van der Waals surface area contributed by atoms with Crippen molar-refractivity contribution in [3.63, 3.8) is 0 Å². The molecule has 1 aliphatic heterocycles. The Morgan fingerprint density at radius 3 is 2.46 bits per heavy atom. The van der Waals surface area contributed by atoms with Crippen molar-refractivity contribution in [3.8, 4) is 0 Å². The van der Waals surface area contributed by atoms with Gasteiger partial charge in [-0.25, -0.2) is 4.98 Å². The second kappa shape index (κ2) is 10.7. The summed E-state index contributed by atoms with van der Waals surface area (Å²) in [7, 11) is 0. The minimum Gasteiger partial charge on any atom is -0.351 e. The first-order chi connectivity index (χ1) is 16.8. The van der Waals surface area contributed by atoms with Gasteiger partial charge >= 0.3 is 6.18 Å². The molecule has 1 aromatic heterocycles. The minimum absolute atomic E-state index is 0.148. The average molecular weight is 482 g/mol. The van der Waals surface area contributed by atoms with Crippen molar-refractivity contribution < 1.29 is 22.8 Å². The van der Waals surface area contributed by atoms with Gasteiger partial charge in [0, 0.05) is 31.7 Å². The summed E-state index contributed by atoms with van der Waals surface area (Å²) in [6.45, 7) is 0.926. The topological polar surface area (TPSA) is 62.3 Å². The smallest absolute Gasteiger partial charge is 0.351 e. The lowest BCUT2D eigenvalue weighted by Crippen LogP contribution is -2.37. The molecule has 0 spiro atoms. The SMILES string of the molecule is O=C(NCCCCc1ccccc1)c1ccc2c(n1)CCN(C(=O)c1ccccc1C(F)(F)F)C2. The van der Waals surface area contributed by atoms with Crippen molar-refractivity contribution in [2.75, 3.05) is 13.1 Å². The maximum absolute atomic E-state index is 13.3. The van der Waals surface area contributed by atoms with Crippen molar-refractivity contribution in [2.45, 2.75) is 38.4 Å². The molecule has 0 saturated carbocycles. The fraction of sp³-hybridized carbons (Fsp3) is 0.296. The van der Waals surface area contributed by atoms with Crippen molar-refractivity contribution in [3.05, 3.63) is 100 Å². The molecular weight excluding hydrogens is 455 g/mol. The standard InChI is InChI=1S/C27H26F3N3O2/c28-27(29,30)22-12-5-4-11-21(22)26(35)33-17-15-23-20(18-33)13-14-24(32-23)25(34)31-16-7-6-10-19-8-2-1-3-9-19/h1-5,8-9,11-14H,6-7,10,15-18H2,(H,31,34). The third-order valence-corrected chi connectivity index (χ3v) is 6.05. The number of alkyl halides is 3. The first-order valence-corrected chi connectivity index (χ1v) is 11.6. The number of pyridine rings is 1. The molecule has 182 valence electrons. The van der Waals surface area contributed by atoms with Gasteiger partial charge in [-0.05, 0) is 48.6 Å². The Balaban J connectivity index is 1.33. The van der Waals surface area contributed by atoms with Crippen LogP contribution in [0.2, 0.25) is 0 Å². The van der Waals surface area contributed by atoms with Gasteiger partial charge < -0.3 is 10.2 Å². The monoisotopic (exact) mass is 481 g/mol. The highest BCUT2D eigenvalue weighted by molar-refractivity contribution is 5.96. The van der Waals surface area contributed by atoms with Crippen molar-refractivity contribution >= 4 is 11.8 Å². The van der Waals surface area contributed by atoms with E-state index in [4.69, 9.17) is 0 Å². The van der Waals surface area contributed by atoms with Crippen molar-refractivity contribution in [1.82, 2.24) is 15.2 Å². The lowest BCUT2D eigenvalue weighted by Gasteiger charge is -2.29. The van der Waals surface area contributed by atoms with E-state index in [0.717, 1.165) is 30.9 Å². The van der Waals surface area contributed by atoms with Gasteiger partial charge in [-0.2, -0.15) is 13.2 Å². The van der Waals surface area contributed by atoms with Gasteiger partial charge in [0.25, 0.3) is 11.8 Å². The second-order valence-corrected chi connectivity index (χ2v) is 8.52. The Hall–Kier alpha value is -3.68. The summed E-state index contributed by atoms with van der Waals surface area (Å²) < 4.78 is 40.0. The van der Waals surface area contributed by atoms with E-state index in [-0.39, 0.29) is 24.6 Å². The molecule has 1 aliphatic rings. The predicted molar refractivity (Wildman–Crippen MR) is 126 cm³/mol. The zero-order valence-corrected chi connectivity index (χ0v) is 19.1. The first-order valence-electron chi connectivity index (χ1n) is 11.6. The fourth-order valence-electron chi connectivity index (χ4n) is 4.19. The summed E-state index contributed by atoms with van der Waals surface area (Å²) in [5, 5.41) is 2.89. The minimum atomic E-state index is -4.61. The van der Waals surface area contributed by atoms with E-state index >= 15 is 0 Å². The lowest BCUT2D eigenvalue weighted by molar-refractivity contribution is -0.138. The summed E-state index contributed by atoms with van der Waals surface area (Å²) in [6, 6.07) is 18.3. The molecule has 2 amide bonds. The fourth-order valence-corrected chi connectivity index (χ4v) is 4.19. The Bertz CT molecular complexity index is 1200. The highest BCUT2D eigenvalue weighted by Gasteiger charge is 2.36. The number of nitrogens with one attached hydrogen (secondary N) is 1. The number of hydrogen-bond donors (Lipinski definition) is 1. The highest BCUT2D eigenvalue weighted by Crippen LogP contribution is 2.33. The van der Waals surface area contributed by atoms with E-state index < -0.39 is 17.6 Å². The van der Waals surface area contributed by atoms with Crippen LogP contribution in [0.5, 0.6) is 0 Å². The van der Waals surface area contributed by atoms with Crippen LogP contribution >= 0.6 is 0 Å². The lowest BCUT2D eigenvalue weighted by atomic mass is 10.0. The summed E-state index contributed by atoms with van der Waals surface area (Å²) >= 11 is 0. The molecule has 1 N–H and O–H groups in total. The molecule has 4 rings (SSSR count). The van der Waals surface area contributed by atoms with Crippen LogP contribution in [0.3, 0.4) is 0 Å². The number of rotatable bonds is 7. The van der Waals surface area contributed by atoms with E-state index in [2.05, 4.69) is 22.4 Å². The number of nitrogens with zero attached hydrogens (tertiary/aromatic N) is 2. The summed E-state index contributed by atoms with van der Waals surface area (Å²) in [6.07, 6.45) is -1.47. The number of unbranched alkanes of at least 4 members (excludes halogenated alkanes) is 1. The Kier molecular flexibility index (Phi) is 7.48. The van der Waals surface area contributed by atoms with Gasteiger partial charge in [-0.3, -0.25) is 9.59 Å². The van der Waals surface area contributed by atoms with Gasteiger partial charge in [-0.1, -0.05) is 48.5 Å². The number of amides is 2. The number of benzene rings is 2. The zero-order valence-electron chi connectivity index (χ0n) is 19.1. The summed E-state index contributed by atoms with van der Waals surface area (Å²) in [5.74, 6) is -0.925. The van der Waals surface area contributed by atoms with Gasteiger partial charge in [-0.15, -0.1) is 0 Å². The Morgan fingerprint density at radius 1 is 0.943 bits per heavy atom. The van der Waals surface area contributed by atoms with Crippen LogP contribution in [0.25, 0.3) is 0 Å². The summed E-state index contributed by atoms with van der Waals surface area (Å²) in [4.78, 5) is 31.2. The molecule has 3 aromatic rings. The molecule has 5 nitrogen and oxygen atoms in total. The number of carbonyl (C=O) groups excluding carboxylic acids is 2. The van der Waals surface area contributed by atoms with Crippen molar-refractivity contribution in [1.29, 1.82) is 0 Å². The molecule has 2 heterocycles. The van der Waals surface area contributed by atoms with E-state index in [1.807, 2.05) is 18.2 Å². The van der Waals surface area contributed by atoms with Crippen LogP contribution in [0.15, 0.2) is 66.7 Å². The number of halogens is 3. The van der Waals surface area contributed by atoms with Gasteiger partial charge in [0.05, 0.1) is 11.1 Å². The molecule has 2 aromatic carbocycles. The van der Waals surface area contributed by atoms with Gasteiger partial charge in [0.2, 0.25) is 0 Å². The van der Waals surface area contributed by atoms with E-state index in [0.29, 0.717) is 24.4 Å². The van der Waals surface area contributed by atoms with Crippen LogP contribution in [0.1, 0.15) is 56.1 Å². The molecule has 0 unspecified atom stereocenters. The number of aromatic nitrogens is 1. The first kappa shape index (κ1) is 24.4. The van der Waals surface area contributed by atoms with Gasteiger partial charge in [0.15, 0.2) is 0 Å². The molecule has 0 fully saturated rings. The quantitative estimate of drug-likeness (QED) is 0.481. The van der Waals surface area contributed by atoms with Crippen molar-refractivity contribution in [2.24, 2.45) is 0 Å². The van der Waals surface area contributed by atoms with E-state index in [9.17, 15) is 22.8 Å². The molecule has 35 heavy (non-hydrogen) atoms. The van der Waals surface area contributed by atoms with E-state index in [1.165, 1.54) is 28.7 Å². The van der Waals surface area contributed by atoms with Crippen LogP contribution in [0, 0.1) is 0 Å². The molecule has 0 aliphatic carbocycles. The molecule has 0 atom stereocenters. The Labute approximate surface area is 202 Å². The third kappa shape index (κ3) is 6.07. The van der Waals surface area contributed by atoms with Crippen LogP contribution in [-0.2, 0) is 25.6 Å². The second-order valence-electron chi connectivity index (χ2n) is 8.52. The number of hydrogen-bond acceptors (Lipinski definition) is 3. The maximum atomic E-state index is 13.3. The van der Waals surface area contributed by atoms with Crippen LogP contribution < -0.4 is 5.32 Å². The molecule has 0 radical (unpaired) electrons. The number of aryl methyl sites for hydroxylation is 1. The maximum Gasteiger partial charge on any atom is 0.417 e.